The number of allylic oxidation sites excluding steroid dienone is 2. The van der Waals surface area contributed by atoms with Crippen LogP contribution in [-0.4, -0.2) is 43.0 Å². The average molecular weight is 867 g/mol. The van der Waals surface area contributed by atoms with Crippen LogP contribution < -0.4 is 0 Å². The molecule has 18 atom stereocenters. The number of rotatable bonds is 14. The van der Waals surface area contributed by atoms with E-state index in [0.29, 0.717) is 72.0 Å². The molecule has 0 spiro atoms. The fourth-order valence-corrected chi connectivity index (χ4v) is 19.2. The predicted molar refractivity (Wildman–Crippen MR) is 248 cm³/mol. The van der Waals surface area contributed by atoms with Crippen LogP contribution in [-0.2, 0) is 18.8 Å². The quantitative estimate of drug-likeness (QED) is 0.169. The van der Waals surface area contributed by atoms with Crippen LogP contribution in [0.3, 0.4) is 0 Å². The summed E-state index contributed by atoms with van der Waals surface area (Å²) in [6.07, 6.45) is 23.6. The molecule has 0 radical (unpaired) electrons. The molecule has 0 bridgehead atoms. The summed E-state index contributed by atoms with van der Waals surface area (Å²) in [6.45, 7) is 24.2. The monoisotopic (exact) mass is 867 g/mol. The summed E-state index contributed by atoms with van der Waals surface area (Å²) in [7, 11) is -4.49. The first-order valence-electron chi connectivity index (χ1n) is 26.1. The Labute approximate surface area is 374 Å². The number of aliphatic hydroxyl groups excluding tert-OH is 2. The van der Waals surface area contributed by atoms with Gasteiger partial charge in [-0.25, -0.2) is 8.37 Å². The van der Waals surface area contributed by atoms with Crippen LogP contribution in [0.4, 0.5) is 0 Å². The zero-order valence-corrected chi connectivity index (χ0v) is 41.3. The zero-order chi connectivity index (χ0) is 43.9. The van der Waals surface area contributed by atoms with Crippen molar-refractivity contribution in [2.24, 2.45) is 92.7 Å². The van der Waals surface area contributed by atoms with Crippen molar-refractivity contribution in [2.75, 3.05) is 0 Å². The van der Waals surface area contributed by atoms with Gasteiger partial charge in [0.2, 0.25) is 0 Å². The normalized spacial score (nSPS) is 46.7. The molecule has 6 fully saturated rings. The Kier molecular flexibility index (Phi) is 13.4. The van der Waals surface area contributed by atoms with Crippen molar-refractivity contribution in [2.45, 2.75) is 222 Å². The molecule has 7 heteroatoms. The second kappa shape index (κ2) is 17.5. The highest BCUT2D eigenvalue weighted by atomic mass is 32.3. The van der Waals surface area contributed by atoms with Crippen LogP contribution in [0.2, 0.25) is 0 Å². The Morgan fingerprint density at radius 3 is 1.36 bits per heavy atom. The lowest BCUT2D eigenvalue weighted by molar-refractivity contribution is -0.114. The summed E-state index contributed by atoms with van der Waals surface area (Å²) < 4.78 is 42.2. The zero-order valence-electron chi connectivity index (χ0n) is 40.5. The summed E-state index contributed by atoms with van der Waals surface area (Å²) >= 11 is 0. The largest absolute Gasteiger partial charge is 0.400 e. The molecule has 8 aliphatic rings. The molecule has 0 amide bonds. The number of hydrogen-bond acceptors (Lipinski definition) is 6. The predicted octanol–water partition coefficient (Wildman–Crippen LogP) is 13.0. The van der Waals surface area contributed by atoms with Crippen molar-refractivity contribution in [3.63, 3.8) is 0 Å². The van der Waals surface area contributed by atoms with Gasteiger partial charge < -0.3 is 10.2 Å². The van der Waals surface area contributed by atoms with Gasteiger partial charge in [0.25, 0.3) is 0 Å². The van der Waals surface area contributed by atoms with Crippen LogP contribution in [0.1, 0.15) is 198 Å². The minimum atomic E-state index is -4.49. The highest BCUT2D eigenvalue weighted by Crippen LogP contribution is 2.70. The van der Waals surface area contributed by atoms with Crippen molar-refractivity contribution < 1.29 is 27.0 Å². The van der Waals surface area contributed by atoms with E-state index in [2.05, 4.69) is 81.4 Å². The van der Waals surface area contributed by atoms with Crippen LogP contribution in [0.15, 0.2) is 23.3 Å². The fraction of sp³-hybridized carbons (Fsp3) is 0.926. The Morgan fingerprint density at radius 1 is 0.590 bits per heavy atom. The number of fused-ring (bicyclic) bond motifs is 10. The smallest absolute Gasteiger partial charge is 0.393 e. The second-order valence-electron chi connectivity index (χ2n) is 25.1. The Balaban J connectivity index is 0.996. The summed E-state index contributed by atoms with van der Waals surface area (Å²) in [4.78, 5) is 0. The highest BCUT2D eigenvalue weighted by Gasteiger charge is 2.64. The minimum Gasteiger partial charge on any atom is -0.393 e. The van der Waals surface area contributed by atoms with E-state index in [4.69, 9.17) is 8.37 Å². The SMILES string of the molecule is CC(C)CCC[C@@H](C)[C@H]1CC[C@H]2[C@@H]3CC=C4C[C@H](O)CC(OS(=O)(=O)OC5C[C@@H](O)CC6=CC[C@H]7[C@@H]8CC[C@H]([C@H](C)CCCC(C)C)[C@@]8(C)CC[C@@H]7[C@]65C)[C@]4(C)[C@H]3CC[C@]12C. The lowest BCUT2D eigenvalue weighted by Crippen LogP contribution is -2.58. The molecular weight excluding hydrogens is 777 g/mol. The maximum atomic E-state index is 14.6. The van der Waals surface area contributed by atoms with Gasteiger partial charge in [-0.15, -0.1) is 0 Å². The summed E-state index contributed by atoms with van der Waals surface area (Å²) in [5, 5.41) is 22.6. The van der Waals surface area contributed by atoms with E-state index in [0.717, 1.165) is 61.2 Å². The van der Waals surface area contributed by atoms with E-state index >= 15 is 0 Å². The van der Waals surface area contributed by atoms with Gasteiger partial charge in [-0.05, 0) is 159 Å². The third-order valence-electron chi connectivity index (χ3n) is 21.2. The van der Waals surface area contributed by atoms with E-state index in [1.54, 1.807) is 0 Å². The van der Waals surface area contributed by atoms with E-state index in [9.17, 15) is 18.6 Å². The van der Waals surface area contributed by atoms with Crippen LogP contribution in [0.25, 0.3) is 0 Å². The first-order valence-corrected chi connectivity index (χ1v) is 27.4. The Morgan fingerprint density at radius 2 is 0.984 bits per heavy atom. The first kappa shape index (κ1) is 46.8. The van der Waals surface area contributed by atoms with Gasteiger partial charge in [-0.3, -0.25) is 0 Å². The molecule has 2 unspecified atom stereocenters. The van der Waals surface area contributed by atoms with E-state index in [-0.39, 0.29) is 0 Å². The maximum Gasteiger partial charge on any atom is 0.400 e. The maximum absolute atomic E-state index is 14.6. The van der Waals surface area contributed by atoms with Gasteiger partial charge in [0.15, 0.2) is 0 Å². The van der Waals surface area contributed by atoms with Crippen molar-refractivity contribution in [3.05, 3.63) is 23.3 Å². The van der Waals surface area contributed by atoms with Crippen molar-refractivity contribution in [1.29, 1.82) is 0 Å². The summed E-state index contributed by atoms with van der Waals surface area (Å²) in [5.74, 6) is 7.38. The van der Waals surface area contributed by atoms with Gasteiger partial charge in [-0.2, -0.15) is 8.42 Å². The molecule has 0 saturated heterocycles. The number of hydrogen-bond donors (Lipinski definition) is 2. The summed E-state index contributed by atoms with van der Waals surface area (Å²) in [6, 6.07) is 0. The van der Waals surface area contributed by atoms with E-state index in [1.165, 1.54) is 88.2 Å². The minimum absolute atomic E-state index is 0.300. The molecule has 0 heterocycles. The van der Waals surface area contributed by atoms with Gasteiger partial charge in [0.1, 0.15) is 0 Å². The number of aliphatic hydroxyl groups is 2. The Bertz CT molecular complexity index is 1620. The van der Waals surface area contributed by atoms with Crippen LogP contribution in [0, 0.1) is 92.7 Å². The van der Waals surface area contributed by atoms with E-state index < -0.39 is 45.6 Å². The van der Waals surface area contributed by atoms with Crippen molar-refractivity contribution >= 4 is 10.4 Å². The van der Waals surface area contributed by atoms with Crippen molar-refractivity contribution in [3.8, 4) is 0 Å². The van der Waals surface area contributed by atoms with Crippen LogP contribution >= 0.6 is 0 Å². The van der Waals surface area contributed by atoms with Gasteiger partial charge in [0.05, 0.1) is 24.4 Å². The summed E-state index contributed by atoms with van der Waals surface area (Å²) in [5.41, 5.74) is 2.09. The molecule has 2 N–H and O–H groups in total. The third-order valence-corrected chi connectivity index (χ3v) is 22.1. The van der Waals surface area contributed by atoms with Gasteiger partial charge in [-0.1, -0.05) is 131 Å². The molecule has 0 aromatic carbocycles. The third kappa shape index (κ3) is 8.28. The molecule has 0 aromatic rings. The molecule has 8 aliphatic carbocycles. The second-order valence-corrected chi connectivity index (χ2v) is 26.3. The first-order chi connectivity index (χ1) is 28.7. The molecule has 8 rings (SSSR count). The molecule has 61 heavy (non-hydrogen) atoms. The Hall–Kier alpha value is -0.730. The van der Waals surface area contributed by atoms with Gasteiger partial charge >= 0.3 is 10.4 Å². The molecule has 0 aromatic heterocycles. The highest BCUT2D eigenvalue weighted by molar-refractivity contribution is 7.81. The lowest BCUT2D eigenvalue weighted by atomic mass is 9.46. The molecule has 0 aliphatic heterocycles. The molecule has 6 nitrogen and oxygen atoms in total. The topological polar surface area (TPSA) is 93.1 Å². The van der Waals surface area contributed by atoms with Crippen LogP contribution in [0.5, 0.6) is 0 Å². The lowest BCUT2D eigenvalue weighted by Gasteiger charge is -2.60. The van der Waals surface area contributed by atoms with E-state index in [1.807, 2.05) is 0 Å². The molecule has 6 saturated carbocycles. The fourth-order valence-electron chi connectivity index (χ4n) is 18.0. The average Bonchev–Trinajstić information content (AvgIpc) is 3.72. The standard InChI is InChI=1S/C54H90O6S/c1-33(2)13-11-15-35(5)43-21-23-45-41-19-17-37-29-39(55)31-49(53(37,9)47(41)25-27-51(43,45)7)59-61(57,58)60-50-32-40(56)30-38-18-20-42-46-24-22-44(36(6)16-12-14-34(3)4)52(46,8)28-26-48(42)54(38,50)10/h17-18,33-36,39-50,55-56H,11-16,19-32H2,1-10H3/t35-,36-,39+,40+,41+,42+,43-,44-,45+,46+,47+,48+,49?,50?,51-,52-,53+,54+/m1/s1. The molecule has 348 valence electrons. The van der Waals surface area contributed by atoms with Gasteiger partial charge in [0, 0.05) is 23.7 Å². The van der Waals surface area contributed by atoms with Crippen molar-refractivity contribution in [1.82, 2.24) is 0 Å². The molecular formula is C54H90O6S.